The molecular formula is C21H29N3O3S. The summed E-state index contributed by atoms with van der Waals surface area (Å²) in [6.07, 6.45) is 6.13. The molecule has 1 aliphatic heterocycles. The van der Waals surface area contributed by atoms with Crippen LogP contribution in [0.3, 0.4) is 0 Å². The Bertz CT molecular complexity index is 988. The average Bonchev–Trinajstić information content (AvgIpc) is 3.03. The highest BCUT2D eigenvalue weighted by atomic mass is 32.2. The number of piperidine rings is 1. The molecule has 7 heteroatoms. The fourth-order valence-corrected chi connectivity index (χ4v) is 5.46. The Morgan fingerprint density at radius 1 is 1.25 bits per heavy atom. The van der Waals surface area contributed by atoms with E-state index in [9.17, 15) is 13.2 Å². The van der Waals surface area contributed by atoms with Crippen LogP contribution in [0.5, 0.6) is 0 Å². The van der Waals surface area contributed by atoms with Crippen molar-refractivity contribution in [2.24, 2.45) is 11.8 Å². The number of nitrogens with zero attached hydrogens (tertiary/aromatic N) is 1. The second-order valence-corrected chi connectivity index (χ2v) is 10.5. The molecule has 152 valence electrons. The monoisotopic (exact) mass is 403 g/mol. The van der Waals surface area contributed by atoms with Gasteiger partial charge in [0.15, 0.2) is 0 Å². The number of aryl methyl sites for hydroxylation is 1. The molecule has 2 aromatic rings. The predicted molar refractivity (Wildman–Crippen MR) is 111 cm³/mol. The van der Waals surface area contributed by atoms with E-state index in [0.717, 1.165) is 31.2 Å². The lowest BCUT2D eigenvalue weighted by Crippen LogP contribution is -2.41. The summed E-state index contributed by atoms with van der Waals surface area (Å²) < 4.78 is 24.8. The number of hydrogen-bond donors (Lipinski definition) is 2. The number of carbonyl (C=O) groups excluding carboxylic acids is 1. The fourth-order valence-electron chi connectivity index (χ4n) is 4.58. The first-order chi connectivity index (χ1) is 13.3. The first-order valence-corrected chi connectivity index (χ1v) is 12.0. The summed E-state index contributed by atoms with van der Waals surface area (Å²) in [4.78, 5) is 16.4. The molecule has 28 heavy (non-hydrogen) atoms. The summed E-state index contributed by atoms with van der Waals surface area (Å²) in [7, 11) is -3.11. The second kappa shape index (κ2) is 7.52. The molecule has 1 aromatic heterocycles. The van der Waals surface area contributed by atoms with Crippen LogP contribution in [0.2, 0.25) is 0 Å². The predicted octanol–water partition coefficient (Wildman–Crippen LogP) is 2.69. The van der Waals surface area contributed by atoms with Gasteiger partial charge in [-0.2, -0.15) is 0 Å². The van der Waals surface area contributed by atoms with E-state index in [1.165, 1.54) is 33.6 Å². The van der Waals surface area contributed by atoms with Crippen LogP contribution in [0.15, 0.2) is 18.2 Å². The van der Waals surface area contributed by atoms with Gasteiger partial charge in [-0.25, -0.2) is 12.7 Å². The number of amides is 1. The molecule has 0 spiro atoms. The SMILES string of the molecule is CC1CCc2[nH]c3c(C(=O)NCC4CCN(S(C)(=O)=O)CC4)cccc3c2C1. The molecule has 1 atom stereocenters. The lowest BCUT2D eigenvalue weighted by Gasteiger charge is -2.30. The molecule has 1 saturated heterocycles. The Hall–Kier alpha value is -1.86. The highest BCUT2D eigenvalue weighted by Crippen LogP contribution is 2.33. The summed E-state index contributed by atoms with van der Waals surface area (Å²) in [6.45, 7) is 3.95. The van der Waals surface area contributed by atoms with Gasteiger partial charge in [-0.1, -0.05) is 19.1 Å². The number of benzene rings is 1. The topological polar surface area (TPSA) is 82.3 Å². The van der Waals surface area contributed by atoms with E-state index in [1.54, 1.807) is 0 Å². The van der Waals surface area contributed by atoms with E-state index in [1.807, 2.05) is 12.1 Å². The molecule has 0 bridgehead atoms. The van der Waals surface area contributed by atoms with Crippen molar-refractivity contribution in [3.63, 3.8) is 0 Å². The second-order valence-electron chi connectivity index (χ2n) is 8.47. The Kier molecular flexibility index (Phi) is 5.22. The Morgan fingerprint density at radius 2 is 2.00 bits per heavy atom. The zero-order valence-corrected chi connectivity index (χ0v) is 17.4. The van der Waals surface area contributed by atoms with E-state index in [0.29, 0.717) is 37.0 Å². The van der Waals surface area contributed by atoms with E-state index in [2.05, 4.69) is 23.3 Å². The van der Waals surface area contributed by atoms with E-state index in [4.69, 9.17) is 0 Å². The summed E-state index contributed by atoms with van der Waals surface area (Å²) in [5, 5.41) is 4.25. The van der Waals surface area contributed by atoms with Crippen molar-refractivity contribution >= 4 is 26.8 Å². The van der Waals surface area contributed by atoms with Crippen LogP contribution in [0.4, 0.5) is 0 Å². The fraction of sp³-hybridized carbons (Fsp3) is 0.571. The van der Waals surface area contributed by atoms with Gasteiger partial charge in [0.25, 0.3) is 5.91 Å². The molecule has 1 unspecified atom stereocenters. The summed E-state index contributed by atoms with van der Waals surface area (Å²) in [6, 6.07) is 5.96. The maximum absolute atomic E-state index is 12.9. The lowest BCUT2D eigenvalue weighted by atomic mass is 9.87. The molecule has 2 aliphatic rings. The van der Waals surface area contributed by atoms with Crippen molar-refractivity contribution in [3.8, 4) is 0 Å². The maximum atomic E-state index is 12.9. The molecule has 0 radical (unpaired) electrons. The van der Waals surface area contributed by atoms with Crippen LogP contribution in [0.25, 0.3) is 10.9 Å². The van der Waals surface area contributed by atoms with Gasteiger partial charge < -0.3 is 10.3 Å². The van der Waals surface area contributed by atoms with Crippen LogP contribution in [-0.2, 0) is 22.9 Å². The minimum absolute atomic E-state index is 0.0530. The van der Waals surface area contributed by atoms with Gasteiger partial charge in [0, 0.05) is 30.7 Å². The number of aromatic nitrogens is 1. The third kappa shape index (κ3) is 3.82. The van der Waals surface area contributed by atoms with Crippen molar-refractivity contribution in [1.82, 2.24) is 14.6 Å². The minimum Gasteiger partial charge on any atom is -0.358 e. The van der Waals surface area contributed by atoms with E-state index >= 15 is 0 Å². The summed E-state index contributed by atoms with van der Waals surface area (Å²) in [5.41, 5.74) is 4.30. The molecule has 1 aromatic carbocycles. The first kappa shape index (κ1) is 19.5. The molecule has 0 saturated carbocycles. The molecule has 6 nitrogen and oxygen atoms in total. The number of hydrogen-bond acceptors (Lipinski definition) is 3. The number of sulfonamides is 1. The zero-order chi connectivity index (χ0) is 19.9. The maximum Gasteiger partial charge on any atom is 0.253 e. The minimum atomic E-state index is -3.11. The van der Waals surface area contributed by atoms with Gasteiger partial charge in [0.2, 0.25) is 10.0 Å². The molecule has 2 heterocycles. The van der Waals surface area contributed by atoms with E-state index in [-0.39, 0.29) is 5.91 Å². The highest BCUT2D eigenvalue weighted by molar-refractivity contribution is 7.88. The van der Waals surface area contributed by atoms with Gasteiger partial charge >= 0.3 is 0 Å². The number of para-hydroxylation sites is 1. The van der Waals surface area contributed by atoms with Gasteiger partial charge in [-0.05, 0) is 55.6 Å². The molecule has 1 aliphatic carbocycles. The molecular weight excluding hydrogens is 374 g/mol. The third-order valence-corrected chi connectivity index (χ3v) is 7.61. The summed E-state index contributed by atoms with van der Waals surface area (Å²) in [5.74, 6) is 0.948. The smallest absolute Gasteiger partial charge is 0.253 e. The van der Waals surface area contributed by atoms with Gasteiger partial charge in [0.05, 0.1) is 17.3 Å². The number of rotatable bonds is 4. The lowest BCUT2D eigenvalue weighted by molar-refractivity contribution is 0.0943. The Balaban J connectivity index is 1.44. The van der Waals surface area contributed by atoms with Crippen molar-refractivity contribution < 1.29 is 13.2 Å². The van der Waals surface area contributed by atoms with Crippen molar-refractivity contribution in [3.05, 3.63) is 35.0 Å². The zero-order valence-electron chi connectivity index (χ0n) is 16.6. The normalized spacial score (nSPS) is 21.6. The van der Waals surface area contributed by atoms with Crippen LogP contribution in [0.1, 0.15) is 47.8 Å². The van der Waals surface area contributed by atoms with E-state index < -0.39 is 10.0 Å². The van der Waals surface area contributed by atoms with Crippen LogP contribution in [0, 0.1) is 11.8 Å². The Morgan fingerprint density at radius 3 is 2.71 bits per heavy atom. The standard InChI is InChI=1S/C21H29N3O3S/c1-14-6-7-19-18(12-14)16-4-3-5-17(20(16)23-19)21(25)22-13-15-8-10-24(11-9-15)28(2,26)27/h3-5,14-15,23H,6-13H2,1-2H3,(H,22,25). The van der Waals surface area contributed by atoms with Crippen molar-refractivity contribution in [2.75, 3.05) is 25.9 Å². The quantitative estimate of drug-likeness (QED) is 0.823. The highest BCUT2D eigenvalue weighted by Gasteiger charge is 2.26. The first-order valence-electron chi connectivity index (χ1n) is 10.2. The average molecular weight is 404 g/mol. The molecule has 2 N–H and O–H groups in total. The van der Waals surface area contributed by atoms with Crippen LogP contribution >= 0.6 is 0 Å². The van der Waals surface area contributed by atoms with Crippen LogP contribution in [-0.4, -0.2) is 49.5 Å². The van der Waals surface area contributed by atoms with Crippen LogP contribution < -0.4 is 5.32 Å². The number of H-pyrrole nitrogens is 1. The molecule has 4 rings (SSSR count). The molecule has 1 amide bonds. The summed E-state index contributed by atoms with van der Waals surface area (Å²) >= 11 is 0. The Labute approximate surface area is 166 Å². The van der Waals surface area contributed by atoms with Gasteiger partial charge in [-0.3, -0.25) is 4.79 Å². The van der Waals surface area contributed by atoms with Crippen molar-refractivity contribution in [1.29, 1.82) is 0 Å². The number of carbonyl (C=O) groups is 1. The van der Waals surface area contributed by atoms with Gasteiger partial charge in [0.1, 0.15) is 0 Å². The number of aromatic amines is 1. The van der Waals surface area contributed by atoms with Gasteiger partial charge in [-0.15, -0.1) is 0 Å². The number of fused-ring (bicyclic) bond motifs is 3. The third-order valence-electron chi connectivity index (χ3n) is 6.31. The molecule has 1 fully saturated rings. The van der Waals surface area contributed by atoms with Crippen molar-refractivity contribution in [2.45, 2.75) is 39.0 Å². The number of nitrogens with one attached hydrogen (secondary N) is 2. The largest absolute Gasteiger partial charge is 0.358 e.